The molecule has 0 fully saturated rings. The molecule has 0 aliphatic heterocycles. The number of carbonyl (C=O) groups is 1. The number of rotatable bonds is 5. The molecule has 0 bridgehead atoms. The van der Waals surface area contributed by atoms with Crippen LogP contribution in [-0.4, -0.2) is 19.2 Å². The van der Waals surface area contributed by atoms with Gasteiger partial charge in [-0.25, -0.2) is 9.18 Å². The molecule has 0 spiro atoms. The Balaban J connectivity index is 1.74. The molecule has 2 rings (SSSR count). The number of hydrogen-bond donors (Lipinski definition) is 2. The summed E-state index contributed by atoms with van der Waals surface area (Å²) in [5.41, 5.74) is 1.05. The van der Waals surface area contributed by atoms with Gasteiger partial charge in [0.2, 0.25) is 0 Å². The van der Waals surface area contributed by atoms with E-state index in [4.69, 9.17) is 16.3 Å². The smallest absolute Gasteiger partial charge is 0.319 e. The van der Waals surface area contributed by atoms with Crippen LogP contribution in [0.2, 0.25) is 5.02 Å². The molecule has 0 aromatic heterocycles. The predicted octanol–water partition coefficient (Wildman–Crippen LogP) is 3.99. The summed E-state index contributed by atoms with van der Waals surface area (Å²) in [7, 11) is 0. The standard InChI is InChI=1S/C16H16ClFN2O2/c1-11-10-12(17)6-7-15(11)22-9-8-19-16(21)20-14-5-3-2-4-13(14)18/h2-7,10H,8-9H2,1H3,(H2,19,20,21). The molecule has 0 radical (unpaired) electrons. The molecule has 2 amide bonds. The summed E-state index contributed by atoms with van der Waals surface area (Å²) in [5.74, 6) is 0.228. The number of anilines is 1. The van der Waals surface area contributed by atoms with Gasteiger partial charge in [-0.05, 0) is 42.8 Å². The summed E-state index contributed by atoms with van der Waals surface area (Å²) in [4.78, 5) is 11.6. The average molecular weight is 323 g/mol. The topological polar surface area (TPSA) is 50.4 Å². The first kappa shape index (κ1) is 16.1. The largest absolute Gasteiger partial charge is 0.491 e. The predicted molar refractivity (Wildman–Crippen MR) is 85.1 cm³/mol. The van der Waals surface area contributed by atoms with Gasteiger partial charge in [-0.2, -0.15) is 0 Å². The van der Waals surface area contributed by atoms with E-state index in [0.29, 0.717) is 23.9 Å². The van der Waals surface area contributed by atoms with Crippen LogP contribution in [0.15, 0.2) is 42.5 Å². The van der Waals surface area contributed by atoms with Crippen LogP contribution >= 0.6 is 11.6 Å². The van der Waals surface area contributed by atoms with E-state index >= 15 is 0 Å². The minimum atomic E-state index is -0.485. The number of hydrogen-bond acceptors (Lipinski definition) is 2. The molecule has 2 aromatic carbocycles. The molecule has 0 unspecified atom stereocenters. The molecule has 6 heteroatoms. The molecule has 0 aliphatic rings. The maximum absolute atomic E-state index is 13.4. The van der Waals surface area contributed by atoms with Gasteiger partial charge in [0, 0.05) is 5.02 Å². The molecule has 116 valence electrons. The fraction of sp³-hybridized carbons (Fsp3) is 0.188. The summed E-state index contributed by atoms with van der Waals surface area (Å²) < 4.78 is 18.9. The van der Waals surface area contributed by atoms with Gasteiger partial charge >= 0.3 is 6.03 Å². The Kier molecular flexibility index (Phi) is 5.61. The molecule has 0 saturated carbocycles. The zero-order valence-electron chi connectivity index (χ0n) is 12.0. The lowest BCUT2D eigenvalue weighted by Gasteiger charge is -2.11. The van der Waals surface area contributed by atoms with Crippen molar-refractivity contribution >= 4 is 23.3 Å². The van der Waals surface area contributed by atoms with Crippen molar-refractivity contribution in [2.45, 2.75) is 6.92 Å². The van der Waals surface area contributed by atoms with Crippen molar-refractivity contribution in [3.05, 3.63) is 58.9 Å². The van der Waals surface area contributed by atoms with E-state index in [9.17, 15) is 9.18 Å². The molecule has 0 saturated heterocycles. The molecule has 22 heavy (non-hydrogen) atoms. The molecular formula is C16H16ClFN2O2. The van der Waals surface area contributed by atoms with Crippen molar-refractivity contribution in [1.82, 2.24) is 5.32 Å². The first-order valence-corrected chi connectivity index (χ1v) is 7.12. The van der Waals surface area contributed by atoms with Crippen molar-refractivity contribution in [2.24, 2.45) is 0 Å². The monoisotopic (exact) mass is 322 g/mol. The van der Waals surface area contributed by atoms with Crippen molar-refractivity contribution in [3.8, 4) is 5.75 Å². The van der Waals surface area contributed by atoms with Crippen molar-refractivity contribution in [1.29, 1.82) is 0 Å². The van der Waals surface area contributed by atoms with Gasteiger partial charge in [-0.3, -0.25) is 0 Å². The Labute approximate surface area is 133 Å². The van der Waals surface area contributed by atoms with Gasteiger partial charge < -0.3 is 15.4 Å². The lowest BCUT2D eigenvalue weighted by molar-refractivity contribution is 0.247. The molecule has 0 heterocycles. The van der Waals surface area contributed by atoms with Gasteiger partial charge in [-0.15, -0.1) is 0 Å². The Morgan fingerprint density at radius 3 is 2.77 bits per heavy atom. The van der Waals surface area contributed by atoms with Crippen molar-refractivity contribution in [3.63, 3.8) is 0 Å². The van der Waals surface area contributed by atoms with E-state index < -0.39 is 11.8 Å². The van der Waals surface area contributed by atoms with E-state index in [-0.39, 0.29) is 5.69 Å². The third kappa shape index (κ3) is 4.63. The lowest BCUT2D eigenvalue weighted by atomic mass is 10.2. The van der Waals surface area contributed by atoms with Gasteiger partial charge in [-0.1, -0.05) is 23.7 Å². The zero-order valence-corrected chi connectivity index (χ0v) is 12.8. The van der Waals surface area contributed by atoms with Crippen LogP contribution in [0.5, 0.6) is 5.75 Å². The summed E-state index contributed by atoms with van der Waals surface area (Å²) in [6, 6.07) is 10.8. The summed E-state index contributed by atoms with van der Waals surface area (Å²) >= 11 is 5.86. The number of nitrogens with one attached hydrogen (secondary N) is 2. The quantitative estimate of drug-likeness (QED) is 0.818. The number of aryl methyl sites for hydroxylation is 1. The van der Waals surface area contributed by atoms with Gasteiger partial charge in [0.15, 0.2) is 0 Å². The molecule has 0 aliphatic carbocycles. The fourth-order valence-electron chi connectivity index (χ4n) is 1.83. The van der Waals surface area contributed by atoms with Crippen molar-refractivity contribution < 1.29 is 13.9 Å². The third-order valence-corrected chi connectivity index (χ3v) is 3.14. The fourth-order valence-corrected chi connectivity index (χ4v) is 2.06. The third-order valence-electron chi connectivity index (χ3n) is 2.90. The number of halogens is 2. The number of benzene rings is 2. The second kappa shape index (κ2) is 7.66. The number of urea groups is 1. The zero-order chi connectivity index (χ0) is 15.9. The first-order chi connectivity index (χ1) is 10.6. The van der Waals surface area contributed by atoms with Crippen LogP contribution in [0.25, 0.3) is 0 Å². The maximum atomic E-state index is 13.4. The maximum Gasteiger partial charge on any atom is 0.319 e. The van der Waals surface area contributed by atoms with E-state index in [0.717, 1.165) is 5.56 Å². The van der Waals surface area contributed by atoms with Gasteiger partial charge in [0.1, 0.15) is 18.2 Å². The minimum absolute atomic E-state index is 0.134. The van der Waals surface area contributed by atoms with Crippen LogP contribution in [0.3, 0.4) is 0 Å². The average Bonchev–Trinajstić information content (AvgIpc) is 2.48. The highest BCUT2D eigenvalue weighted by atomic mass is 35.5. The lowest BCUT2D eigenvalue weighted by Crippen LogP contribution is -2.32. The van der Waals surface area contributed by atoms with Crippen LogP contribution < -0.4 is 15.4 Å². The Hall–Kier alpha value is -2.27. The van der Waals surface area contributed by atoms with E-state index in [1.54, 1.807) is 30.3 Å². The molecule has 2 aromatic rings. The molecule has 4 nitrogen and oxygen atoms in total. The summed E-state index contributed by atoms with van der Waals surface area (Å²) in [5, 5.41) is 5.67. The van der Waals surface area contributed by atoms with E-state index in [2.05, 4.69) is 10.6 Å². The Bertz CT molecular complexity index is 664. The highest BCUT2D eigenvalue weighted by Crippen LogP contribution is 2.21. The second-order valence-corrected chi connectivity index (χ2v) is 5.06. The summed E-state index contributed by atoms with van der Waals surface area (Å²) in [6.45, 7) is 2.48. The second-order valence-electron chi connectivity index (χ2n) is 4.62. The van der Waals surface area contributed by atoms with Crippen molar-refractivity contribution in [2.75, 3.05) is 18.5 Å². The van der Waals surface area contributed by atoms with Gasteiger partial charge in [0.05, 0.1) is 12.2 Å². The van der Waals surface area contributed by atoms with Crippen LogP contribution in [0, 0.1) is 12.7 Å². The first-order valence-electron chi connectivity index (χ1n) is 6.74. The normalized spacial score (nSPS) is 10.1. The number of para-hydroxylation sites is 1. The van der Waals surface area contributed by atoms with Crippen LogP contribution in [0.4, 0.5) is 14.9 Å². The molecular weight excluding hydrogens is 307 g/mol. The molecule has 0 atom stereocenters. The van der Waals surface area contributed by atoms with E-state index in [1.807, 2.05) is 6.92 Å². The Morgan fingerprint density at radius 2 is 2.05 bits per heavy atom. The highest BCUT2D eigenvalue weighted by molar-refractivity contribution is 6.30. The van der Waals surface area contributed by atoms with Crippen LogP contribution in [0.1, 0.15) is 5.56 Å². The van der Waals surface area contributed by atoms with E-state index in [1.165, 1.54) is 12.1 Å². The number of amides is 2. The van der Waals surface area contributed by atoms with Crippen LogP contribution in [-0.2, 0) is 0 Å². The minimum Gasteiger partial charge on any atom is -0.491 e. The highest BCUT2D eigenvalue weighted by Gasteiger charge is 2.05. The number of ether oxygens (including phenoxy) is 1. The SMILES string of the molecule is Cc1cc(Cl)ccc1OCCNC(=O)Nc1ccccc1F. The Morgan fingerprint density at radius 1 is 1.27 bits per heavy atom. The number of carbonyl (C=O) groups excluding carboxylic acids is 1. The molecule has 2 N–H and O–H groups in total. The summed E-state index contributed by atoms with van der Waals surface area (Å²) in [6.07, 6.45) is 0. The van der Waals surface area contributed by atoms with Gasteiger partial charge in [0.25, 0.3) is 0 Å².